The lowest BCUT2D eigenvalue weighted by Crippen LogP contribution is -2.12. The summed E-state index contributed by atoms with van der Waals surface area (Å²) >= 11 is 3.23. The number of hydrogen-bond donors (Lipinski definition) is 2. The van der Waals surface area contributed by atoms with Gasteiger partial charge in [-0.2, -0.15) is 0 Å². The number of benzene rings is 1. The van der Waals surface area contributed by atoms with Gasteiger partial charge in [0.15, 0.2) is 17.3 Å². The van der Waals surface area contributed by atoms with Crippen LogP contribution in [0.15, 0.2) is 18.2 Å². The molecule has 0 unspecified atom stereocenters. The summed E-state index contributed by atoms with van der Waals surface area (Å²) in [5.41, 5.74) is 0.393. The Kier molecular flexibility index (Phi) is 3.52. The standard InChI is InChI=1S/C10H11BrO3/c1-2-7(11)10(14)6-3-4-8(12)9(13)5-6/h3-5,7,12-13H,2H2,1H3/t7-/m1/s1. The Labute approximate surface area is 90.5 Å². The number of phenols is 2. The van der Waals surface area contributed by atoms with Gasteiger partial charge in [-0.25, -0.2) is 0 Å². The molecule has 0 radical (unpaired) electrons. The maximum Gasteiger partial charge on any atom is 0.176 e. The Morgan fingerprint density at radius 1 is 1.43 bits per heavy atom. The number of carbonyl (C=O) groups is 1. The summed E-state index contributed by atoms with van der Waals surface area (Å²) in [5.74, 6) is -0.585. The molecule has 14 heavy (non-hydrogen) atoms. The van der Waals surface area contributed by atoms with Crippen LogP contribution in [0, 0.1) is 0 Å². The van der Waals surface area contributed by atoms with Crippen molar-refractivity contribution < 1.29 is 15.0 Å². The van der Waals surface area contributed by atoms with Crippen LogP contribution in [0.5, 0.6) is 11.5 Å². The van der Waals surface area contributed by atoms with Crippen molar-refractivity contribution in [2.75, 3.05) is 0 Å². The molecule has 0 heterocycles. The van der Waals surface area contributed by atoms with Crippen LogP contribution in [-0.2, 0) is 0 Å². The summed E-state index contributed by atoms with van der Waals surface area (Å²) in [6, 6.07) is 4.06. The minimum atomic E-state index is -0.272. The zero-order valence-electron chi connectivity index (χ0n) is 7.70. The van der Waals surface area contributed by atoms with Crippen molar-refractivity contribution in [2.45, 2.75) is 18.2 Å². The van der Waals surface area contributed by atoms with Crippen molar-refractivity contribution in [1.82, 2.24) is 0 Å². The highest BCUT2D eigenvalue weighted by atomic mass is 79.9. The van der Waals surface area contributed by atoms with E-state index in [1.807, 2.05) is 6.92 Å². The van der Waals surface area contributed by atoms with Crippen LogP contribution in [-0.4, -0.2) is 20.8 Å². The molecule has 0 spiro atoms. The monoisotopic (exact) mass is 258 g/mol. The number of Topliss-reactive ketones (excluding diaryl/α,β-unsaturated/α-hetero) is 1. The SMILES string of the molecule is CC[C@@H](Br)C(=O)c1ccc(O)c(O)c1. The summed E-state index contributed by atoms with van der Waals surface area (Å²) in [7, 11) is 0. The second-order valence-corrected chi connectivity index (χ2v) is 4.05. The minimum Gasteiger partial charge on any atom is -0.504 e. The lowest BCUT2D eigenvalue weighted by molar-refractivity contribution is 0.0990. The molecule has 76 valence electrons. The van der Waals surface area contributed by atoms with Crippen LogP contribution >= 0.6 is 15.9 Å². The fourth-order valence-electron chi connectivity index (χ4n) is 1.04. The van der Waals surface area contributed by atoms with E-state index < -0.39 is 0 Å². The maximum atomic E-state index is 11.6. The molecule has 1 atom stereocenters. The summed E-state index contributed by atoms with van der Waals surface area (Å²) in [4.78, 5) is 11.4. The number of phenolic OH excluding ortho intramolecular Hbond substituents is 2. The molecule has 4 heteroatoms. The number of ketones is 1. The molecule has 3 nitrogen and oxygen atoms in total. The molecule has 0 aliphatic heterocycles. The predicted octanol–water partition coefficient (Wildman–Crippen LogP) is 2.45. The fourth-order valence-corrected chi connectivity index (χ4v) is 1.31. The van der Waals surface area contributed by atoms with E-state index in [-0.39, 0.29) is 22.1 Å². The lowest BCUT2D eigenvalue weighted by atomic mass is 10.1. The topological polar surface area (TPSA) is 57.5 Å². The highest BCUT2D eigenvalue weighted by Gasteiger charge is 2.15. The van der Waals surface area contributed by atoms with E-state index >= 15 is 0 Å². The van der Waals surface area contributed by atoms with E-state index in [0.29, 0.717) is 12.0 Å². The third kappa shape index (κ3) is 2.26. The average molecular weight is 259 g/mol. The Hall–Kier alpha value is -1.03. The normalized spacial score (nSPS) is 12.4. The van der Waals surface area contributed by atoms with E-state index in [1.54, 1.807) is 0 Å². The highest BCUT2D eigenvalue weighted by molar-refractivity contribution is 9.10. The summed E-state index contributed by atoms with van der Waals surface area (Å²) < 4.78 is 0. The van der Waals surface area contributed by atoms with E-state index in [2.05, 4.69) is 15.9 Å². The number of aromatic hydroxyl groups is 2. The van der Waals surface area contributed by atoms with E-state index in [9.17, 15) is 9.90 Å². The van der Waals surface area contributed by atoms with Crippen molar-refractivity contribution in [2.24, 2.45) is 0 Å². The van der Waals surface area contributed by atoms with E-state index in [0.717, 1.165) is 0 Å². The van der Waals surface area contributed by atoms with Gasteiger partial charge >= 0.3 is 0 Å². The molecule has 0 bridgehead atoms. The molecule has 0 saturated heterocycles. The molecule has 0 saturated carbocycles. The Bertz CT molecular complexity index is 349. The smallest absolute Gasteiger partial charge is 0.176 e. The van der Waals surface area contributed by atoms with Gasteiger partial charge in [-0.1, -0.05) is 22.9 Å². The first-order valence-electron chi connectivity index (χ1n) is 4.26. The molecule has 1 rings (SSSR count). The van der Waals surface area contributed by atoms with Gasteiger partial charge in [-0.15, -0.1) is 0 Å². The lowest BCUT2D eigenvalue weighted by Gasteiger charge is -2.06. The van der Waals surface area contributed by atoms with Crippen molar-refractivity contribution in [3.63, 3.8) is 0 Å². The van der Waals surface area contributed by atoms with Crippen molar-refractivity contribution in [3.8, 4) is 11.5 Å². The molecule has 0 aliphatic carbocycles. The molecule has 0 fully saturated rings. The third-order valence-electron chi connectivity index (χ3n) is 1.90. The number of halogens is 1. The quantitative estimate of drug-likeness (QED) is 0.498. The van der Waals surface area contributed by atoms with E-state index in [4.69, 9.17) is 5.11 Å². The number of alkyl halides is 1. The van der Waals surface area contributed by atoms with Gasteiger partial charge in [0.2, 0.25) is 0 Å². The summed E-state index contributed by atoms with van der Waals surface area (Å²) in [5, 5.41) is 18.2. The number of carbonyl (C=O) groups excluding carboxylic acids is 1. The molecular formula is C10H11BrO3. The van der Waals surface area contributed by atoms with Gasteiger partial charge in [-0.05, 0) is 24.6 Å². The molecule has 0 aliphatic rings. The minimum absolute atomic E-state index is 0.0946. The Morgan fingerprint density at radius 3 is 2.57 bits per heavy atom. The van der Waals surface area contributed by atoms with Crippen molar-refractivity contribution in [3.05, 3.63) is 23.8 Å². The summed E-state index contributed by atoms with van der Waals surface area (Å²) in [6.45, 7) is 1.89. The Morgan fingerprint density at radius 2 is 2.07 bits per heavy atom. The second-order valence-electron chi connectivity index (χ2n) is 2.94. The first-order chi connectivity index (χ1) is 6.56. The summed E-state index contributed by atoms with van der Waals surface area (Å²) in [6.07, 6.45) is 0.681. The zero-order valence-corrected chi connectivity index (χ0v) is 9.28. The van der Waals surface area contributed by atoms with Gasteiger partial charge in [-0.3, -0.25) is 4.79 Å². The second kappa shape index (κ2) is 4.46. The van der Waals surface area contributed by atoms with Crippen LogP contribution in [0.3, 0.4) is 0 Å². The van der Waals surface area contributed by atoms with Crippen molar-refractivity contribution in [1.29, 1.82) is 0 Å². The van der Waals surface area contributed by atoms with Crippen LogP contribution < -0.4 is 0 Å². The largest absolute Gasteiger partial charge is 0.504 e. The van der Waals surface area contributed by atoms with Gasteiger partial charge in [0.05, 0.1) is 4.83 Å². The molecule has 1 aromatic rings. The first kappa shape index (κ1) is 11.0. The van der Waals surface area contributed by atoms with Gasteiger partial charge in [0.1, 0.15) is 0 Å². The van der Waals surface area contributed by atoms with Crippen LogP contribution in [0.4, 0.5) is 0 Å². The van der Waals surface area contributed by atoms with E-state index in [1.165, 1.54) is 18.2 Å². The zero-order chi connectivity index (χ0) is 10.7. The van der Waals surface area contributed by atoms with Crippen LogP contribution in [0.25, 0.3) is 0 Å². The predicted molar refractivity (Wildman–Crippen MR) is 57.1 cm³/mol. The fraction of sp³-hybridized carbons (Fsp3) is 0.300. The third-order valence-corrected chi connectivity index (χ3v) is 2.97. The number of hydrogen-bond acceptors (Lipinski definition) is 3. The van der Waals surface area contributed by atoms with Gasteiger partial charge in [0, 0.05) is 5.56 Å². The Balaban J connectivity index is 2.97. The molecule has 0 aromatic heterocycles. The first-order valence-corrected chi connectivity index (χ1v) is 5.18. The highest BCUT2D eigenvalue weighted by Crippen LogP contribution is 2.26. The number of rotatable bonds is 3. The van der Waals surface area contributed by atoms with Crippen LogP contribution in [0.1, 0.15) is 23.7 Å². The molecular weight excluding hydrogens is 248 g/mol. The molecule has 0 amide bonds. The molecule has 1 aromatic carbocycles. The van der Waals surface area contributed by atoms with Gasteiger partial charge in [0.25, 0.3) is 0 Å². The average Bonchev–Trinajstić information content (AvgIpc) is 2.20. The maximum absolute atomic E-state index is 11.6. The molecule has 2 N–H and O–H groups in total. The van der Waals surface area contributed by atoms with Gasteiger partial charge < -0.3 is 10.2 Å². The van der Waals surface area contributed by atoms with Crippen molar-refractivity contribution >= 4 is 21.7 Å². The van der Waals surface area contributed by atoms with Crippen LogP contribution in [0.2, 0.25) is 0 Å².